The van der Waals surface area contributed by atoms with Gasteiger partial charge in [0, 0.05) is 4.88 Å². The van der Waals surface area contributed by atoms with Crippen LogP contribution in [0.3, 0.4) is 0 Å². The maximum absolute atomic E-state index is 5.08. The Labute approximate surface area is 71.1 Å². The first-order valence-corrected chi connectivity index (χ1v) is 4.63. The molecule has 2 nitrogen and oxygen atoms in total. The van der Waals surface area contributed by atoms with Crippen LogP contribution < -0.4 is 5.48 Å². The van der Waals surface area contributed by atoms with Crippen LogP contribution in [0.5, 0.6) is 0 Å². The van der Waals surface area contributed by atoms with E-state index in [2.05, 4.69) is 23.9 Å². The van der Waals surface area contributed by atoms with Crippen LogP contribution in [-0.2, 0) is 4.84 Å². The lowest BCUT2D eigenvalue weighted by Crippen LogP contribution is -2.17. The highest BCUT2D eigenvalue weighted by molar-refractivity contribution is 7.10. The van der Waals surface area contributed by atoms with Crippen LogP contribution in [0.1, 0.15) is 24.8 Å². The van der Waals surface area contributed by atoms with Gasteiger partial charge in [0.15, 0.2) is 0 Å². The molecule has 0 amide bonds. The number of hydroxylamine groups is 1. The van der Waals surface area contributed by atoms with Gasteiger partial charge >= 0.3 is 0 Å². The summed E-state index contributed by atoms with van der Waals surface area (Å²) in [7, 11) is 0. The van der Waals surface area contributed by atoms with Crippen LogP contribution in [0.25, 0.3) is 0 Å². The Morgan fingerprint density at radius 1 is 1.73 bits per heavy atom. The lowest BCUT2D eigenvalue weighted by Gasteiger charge is -2.09. The van der Waals surface area contributed by atoms with Crippen molar-refractivity contribution in [2.24, 2.45) is 0 Å². The Morgan fingerprint density at radius 3 is 3.09 bits per heavy atom. The molecule has 1 aromatic rings. The Kier molecular flexibility index (Phi) is 3.56. The van der Waals surface area contributed by atoms with Gasteiger partial charge in [-0.2, -0.15) is 5.48 Å². The summed E-state index contributed by atoms with van der Waals surface area (Å²) in [5.74, 6) is 0. The summed E-state index contributed by atoms with van der Waals surface area (Å²) < 4.78 is 0. The van der Waals surface area contributed by atoms with Crippen molar-refractivity contribution in [3.05, 3.63) is 22.4 Å². The molecule has 0 aliphatic carbocycles. The quantitative estimate of drug-likeness (QED) is 0.702. The number of rotatable bonds is 4. The van der Waals surface area contributed by atoms with Crippen molar-refractivity contribution < 1.29 is 4.84 Å². The van der Waals surface area contributed by atoms with Crippen molar-refractivity contribution in [1.29, 1.82) is 0 Å². The van der Waals surface area contributed by atoms with Gasteiger partial charge in [0.1, 0.15) is 0 Å². The van der Waals surface area contributed by atoms with Crippen LogP contribution in [0.2, 0.25) is 0 Å². The molecule has 0 aliphatic heterocycles. The molecular formula is C8H13NOS. The Morgan fingerprint density at radius 2 is 2.55 bits per heavy atom. The molecule has 1 atom stereocenters. The van der Waals surface area contributed by atoms with Gasteiger partial charge in [0.2, 0.25) is 0 Å². The van der Waals surface area contributed by atoms with Crippen molar-refractivity contribution in [3.8, 4) is 0 Å². The molecule has 0 aromatic carbocycles. The number of thiophene rings is 1. The van der Waals surface area contributed by atoms with Gasteiger partial charge in [-0.3, -0.25) is 0 Å². The molecule has 0 spiro atoms. The first-order valence-electron chi connectivity index (χ1n) is 3.75. The van der Waals surface area contributed by atoms with E-state index in [0.29, 0.717) is 12.6 Å². The third kappa shape index (κ3) is 2.61. The second-order valence-electron chi connectivity index (χ2n) is 2.29. The van der Waals surface area contributed by atoms with Gasteiger partial charge in [0.05, 0.1) is 12.6 Å². The molecule has 0 fully saturated rings. The summed E-state index contributed by atoms with van der Waals surface area (Å²) in [4.78, 5) is 6.38. The van der Waals surface area contributed by atoms with Gasteiger partial charge in [-0.25, -0.2) is 0 Å². The van der Waals surface area contributed by atoms with Crippen LogP contribution in [0.15, 0.2) is 17.5 Å². The zero-order valence-corrected chi connectivity index (χ0v) is 7.65. The molecule has 0 aliphatic rings. The zero-order valence-electron chi connectivity index (χ0n) is 6.83. The molecule has 11 heavy (non-hydrogen) atoms. The number of nitrogens with one attached hydrogen (secondary N) is 1. The minimum atomic E-state index is 0.301. The van der Waals surface area contributed by atoms with E-state index >= 15 is 0 Å². The maximum atomic E-state index is 5.08. The standard InChI is InChI=1S/C8H13NOS/c1-3-10-9-7(2)8-5-4-6-11-8/h4-7,9H,3H2,1-2H3. The van der Waals surface area contributed by atoms with E-state index in [9.17, 15) is 0 Å². The fourth-order valence-corrected chi connectivity index (χ4v) is 1.53. The van der Waals surface area contributed by atoms with E-state index in [-0.39, 0.29) is 0 Å². The van der Waals surface area contributed by atoms with Gasteiger partial charge in [0.25, 0.3) is 0 Å². The van der Waals surface area contributed by atoms with E-state index in [1.807, 2.05) is 13.0 Å². The molecule has 0 saturated carbocycles. The molecule has 1 N–H and O–H groups in total. The monoisotopic (exact) mass is 171 g/mol. The van der Waals surface area contributed by atoms with Crippen molar-refractivity contribution in [2.45, 2.75) is 19.9 Å². The lowest BCUT2D eigenvalue weighted by molar-refractivity contribution is 0.0293. The zero-order chi connectivity index (χ0) is 8.10. The molecule has 62 valence electrons. The second kappa shape index (κ2) is 4.49. The molecule has 3 heteroatoms. The molecule has 0 bridgehead atoms. The smallest absolute Gasteiger partial charge is 0.0654 e. The average Bonchev–Trinajstić information content (AvgIpc) is 2.52. The van der Waals surface area contributed by atoms with Crippen molar-refractivity contribution in [2.75, 3.05) is 6.61 Å². The molecule has 0 radical (unpaired) electrons. The van der Waals surface area contributed by atoms with Crippen LogP contribution in [-0.4, -0.2) is 6.61 Å². The highest BCUT2D eigenvalue weighted by Gasteiger charge is 2.03. The molecule has 1 unspecified atom stereocenters. The highest BCUT2D eigenvalue weighted by atomic mass is 32.1. The van der Waals surface area contributed by atoms with Crippen LogP contribution in [0, 0.1) is 0 Å². The topological polar surface area (TPSA) is 21.3 Å². The highest BCUT2D eigenvalue weighted by Crippen LogP contribution is 2.17. The third-order valence-corrected chi connectivity index (χ3v) is 2.43. The first kappa shape index (κ1) is 8.71. The van der Waals surface area contributed by atoms with E-state index in [0.717, 1.165) is 0 Å². The number of hydrogen-bond acceptors (Lipinski definition) is 3. The van der Waals surface area contributed by atoms with Crippen LogP contribution >= 0.6 is 11.3 Å². The van der Waals surface area contributed by atoms with Gasteiger partial charge in [-0.15, -0.1) is 11.3 Å². The van der Waals surface area contributed by atoms with E-state index < -0.39 is 0 Å². The summed E-state index contributed by atoms with van der Waals surface area (Å²) in [6, 6.07) is 4.45. The molecular weight excluding hydrogens is 158 g/mol. The Balaban J connectivity index is 2.36. The predicted octanol–water partition coefficient (Wildman–Crippen LogP) is 2.35. The SMILES string of the molecule is CCONC(C)c1cccs1. The minimum Gasteiger partial charge on any atom is -0.301 e. The lowest BCUT2D eigenvalue weighted by atomic mass is 10.3. The fourth-order valence-electron chi connectivity index (χ4n) is 0.804. The summed E-state index contributed by atoms with van der Waals surface area (Å²) in [6.07, 6.45) is 0. The van der Waals surface area contributed by atoms with Gasteiger partial charge in [-0.1, -0.05) is 6.07 Å². The predicted molar refractivity (Wildman–Crippen MR) is 47.5 cm³/mol. The second-order valence-corrected chi connectivity index (χ2v) is 3.27. The van der Waals surface area contributed by atoms with Crippen molar-refractivity contribution in [1.82, 2.24) is 5.48 Å². The molecule has 1 heterocycles. The summed E-state index contributed by atoms with van der Waals surface area (Å²) in [6.45, 7) is 4.76. The van der Waals surface area contributed by atoms with Gasteiger partial charge < -0.3 is 4.84 Å². The van der Waals surface area contributed by atoms with Crippen molar-refractivity contribution in [3.63, 3.8) is 0 Å². The van der Waals surface area contributed by atoms with Gasteiger partial charge in [-0.05, 0) is 25.3 Å². The van der Waals surface area contributed by atoms with Crippen LogP contribution in [0.4, 0.5) is 0 Å². The largest absolute Gasteiger partial charge is 0.301 e. The van der Waals surface area contributed by atoms with E-state index in [1.54, 1.807) is 11.3 Å². The Hall–Kier alpha value is -0.380. The van der Waals surface area contributed by atoms with E-state index in [4.69, 9.17) is 4.84 Å². The number of hydrogen-bond donors (Lipinski definition) is 1. The fraction of sp³-hybridized carbons (Fsp3) is 0.500. The average molecular weight is 171 g/mol. The molecule has 0 saturated heterocycles. The third-order valence-electron chi connectivity index (χ3n) is 1.37. The summed E-state index contributed by atoms with van der Waals surface area (Å²) in [5.41, 5.74) is 2.95. The summed E-state index contributed by atoms with van der Waals surface area (Å²) >= 11 is 1.74. The maximum Gasteiger partial charge on any atom is 0.0654 e. The molecule has 1 aromatic heterocycles. The Bertz CT molecular complexity index is 186. The van der Waals surface area contributed by atoms with E-state index in [1.165, 1.54) is 4.88 Å². The first-order chi connectivity index (χ1) is 5.34. The summed E-state index contributed by atoms with van der Waals surface area (Å²) in [5, 5.41) is 2.07. The normalized spacial score (nSPS) is 13.3. The van der Waals surface area contributed by atoms with Crippen molar-refractivity contribution >= 4 is 11.3 Å². The molecule has 1 rings (SSSR count). The minimum absolute atomic E-state index is 0.301.